The summed E-state index contributed by atoms with van der Waals surface area (Å²) in [6, 6.07) is 7.70. The third-order valence-electron chi connectivity index (χ3n) is 3.90. The van der Waals surface area contributed by atoms with Crippen LogP contribution in [0.5, 0.6) is 0 Å². The maximum atomic E-state index is 13.2. The van der Waals surface area contributed by atoms with Crippen molar-refractivity contribution in [1.82, 2.24) is 10.3 Å². The van der Waals surface area contributed by atoms with Crippen molar-refractivity contribution < 1.29 is 22.4 Å². The lowest BCUT2D eigenvalue weighted by Crippen LogP contribution is -2.36. The number of sulfone groups is 1. The molecule has 1 saturated heterocycles. The minimum atomic E-state index is -3.11. The predicted molar refractivity (Wildman–Crippen MR) is 93.1 cm³/mol. The number of benzene rings is 1. The van der Waals surface area contributed by atoms with Crippen molar-refractivity contribution in [1.29, 1.82) is 0 Å². The zero-order valence-electron chi connectivity index (χ0n) is 13.6. The first-order valence-corrected chi connectivity index (χ1v) is 9.69. The van der Waals surface area contributed by atoms with Crippen LogP contribution >= 0.6 is 0 Å². The average molecular weight is 377 g/mol. The number of aromatic nitrogens is 1. The zero-order valence-corrected chi connectivity index (χ0v) is 14.4. The highest BCUT2D eigenvalue weighted by Crippen LogP contribution is 2.14. The number of hydrogen-bond donors (Lipinski definition) is 2. The Kier molecular flexibility index (Phi) is 4.99. The molecule has 1 aromatic heterocycles. The number of amides is 2. The molecule has 2 aromatic rings. The maximum absolute atomic E-state index is 13.2. The second-order valence-corrected chi connectivity index (χ2v) is 8.20. The van der Waals surface area contributed by atoms with Crippen molar-refractivity contribution in [2.24, 2.45) is 0 Å². The van der Waals surface area contributed by atoms with Gasteiger partial charge in [-0.2, -0.15) is 0 Å². The summed E-state index contributed by atoms with van der Waals surface area (Å²) in [4.78, 5) is 28.4. The number of rotatable bonds is 4. The second kappa shape index (κ2) is 7.20. The molecule has 1 fully saturated rings. The molecule has 26 heavy (non-hydrogen) atoms. The summed E-state index contributed by atoms with van der Waals surface area (Å²) in [5.41, 5.74) is 0.462. The van der Waals surface area contributed by atoms with Gasteiger partial charge in [0.1, 0.15) is 11.5 Å². The monoisotopic (exact) mass is 377 g/mol. The number of nitrogens with zero attached hydrogens (tertiary/aromatic N) is 1. The van der Waals surface area contributed by atoms with Crippen molar-refractivity contribution >= 4 is 27.3 Å². The highest BCUT2D eigenvalue weighted by molar-refractivity contribution is 7.91. The maximum Gasteiger partial charge on any atom is 0.270 e. The van der Waals surface area contributed by atoms with Crippen LogP contribution in [0.15, 0.2) is 42.6 Å². The van der Waals surface area contributed by atoms with E-state index in [2.05, 4.69) is 15.6 Å². The van der Waals surface area contributed by atoms with E-state index >= 15 is 0 Å². The molecule has 1 aliphatic rings. The van der Waals surface area contributed by atoms with Gasteiger partial charge >= 0.3 is 0 Å². The predicted octanol–water partition coefficient (Wildman–Crippen LogP) is 1.39. The minimum Gasteiger partial charge on any atom is -0.347 e. The van der Waals surface area contributed by atoms with Crippen LogP contribution in [0.4, 0.5) is 10.1 Å². The van der Waals surface area contributed by atoms with Crippen LogP contribution < -0.4 is 10.6 Å². The Balaban J connectivity index is 1.69. The summed E-state index contributed by atoms with van der Waals surface area (Å²) in [6.45, 7) is 0. The smallest absolute Gasteiger partial charge is 0.270 e. The molecule has 0 bridgehead atoms. The molecule has 1 aliphatic heterocycles. The lowest BCUT2D eigenvalue weighted by Gasteiger charge is -2.11. The molecule has 2 amide bonds. The van der Waals surface area contributed by atoms with E-state index in [1.54, 1.807) is 0 Å². The van der Waals surface area contributed by atoms with Gasteiger partial charge in [0, 0.05) is 23.5 Å². The van der Waals surface area contributed by atoms with Gasteiger partial charge < -0.3 is 10.6 Å². The highest BCUT2D eigenvalue weighted by Gasteiger charge is 2.29. The van der Waals surface area contributed by atoms with Crippen molar-refractivity contribution in [2.75, 3.05) is 16.8 Å². The Labute approximate surface area is 149 Å². The van der Waals surface area contributed by atoms with Crippen LogP contribution in [0.25, 0.3) is 0 Å². The van der Waals surface area contributed by atoms with E-state index < -0.39 is 33.5 Å². The van der Waals surface area contributed by atoms with Crippen molar-refractivity contribution in [3.63, 3.8) is 0 Å². The minimum absolute atomic E-state index is 0.00110. The van der Waals surface area contributed by atoms with Gasteiger partial charge in [-0.05, 0) is 36.8 Å². The lowest BCUT2D eigenvalue weighted by molar-refractivity contribution is 0.0936. The largest absolute Gasteiger partial charge is 0.347 e. The third kappa shape index (κ3) is 4.42. The Morgan fingerprint density at radius 3 is 2.65 bits per heavy atom. The Bertz CT molecular complexity index is 962. The summed E-state index contributed by atoms with van der Waals surface area (Å²) in [5, 5.41) is 5.14. The van der Waals surface area contributed by atoms with Crippen LogP contribution in [-0.2, 0) is 9.84 Å². The van der Waals surface area contributed by atoms with Gasteiger partial charge in [-0.15, -0.1) is 0 Å². The topological polar surface area (TPSA) is 105 Å². The first-order chi connectivity index (χ1) is 12.3. The molecular formula is C17H16FN3O4S. The molecule has 2 heterocycles. The molecule has 1 atom stereocenters. The fraction of sp³-hybridized carbons (Fsp3) is 0.235. The number of carbonyl (C=O) groups is 2. The first kappa shape index (κ1) is 18.0. The molecule has 0 radical (unpaired) electrons. The van der Waals surface area contributed by atoms with Gasteiger partial charge in [0.05, 0.1) is 11.5 Å². The van der Waals surface area contributed by atoms with E-state index in [1.807, 2.05) is 0 Å². The van der Waals surface area contributed by atoms with Crippen LogP contribution in [0.1, 0.15) is 27.3 Å². The van der Waals surface area contributed by atoms with Gasteiger partial charge in [-0.25, -0.2) is 12.8 Å². The fourth-order valence-corrected chi connectivity index (χ4v) is 4.31. The molecule has 2 N–H and O–H groups in total. The summed E-state index contributed by atoms with van der Waals surface area (Å²) in [6.07, 6.45) is 1.66. The normalized spacial score (nSPS) is 18.3. The Morgan fingerprint density at radius 1 is 1.15 bits per heavy atom. The van der Waals surface area contributed by atoms with Crippen LogP contribution in [0, 0.1) is 5.82 Å². The highest BCUT2D eigenvalue weighted by atomic mass is 32.2. The van der Waals surface area contributed by atoms with Crippen molar-refractivity contribution in [3.8, 4) is 0 Å². The number of hydrogen-bond acceptors (Lipinski definition) is 5. The number of anilines is 1. The van der Waals surface area contributed by atoms with Crippen LogP contribution in [-0.4, -0.2) is 42.8 Å². The molecule has 136 valence electrons. The molecule has 1 unspecified atom stereocenters. The van der Waals surface area contributed by atoms with Gasteiger partial charge in [0.25, 0.3) is 11.8 Å². The lowest BCUT2D eigenvalue weighted by atomic mass is 10.2. The van der Waals surface area contributed by atoms with Gasteiger partial charge in [0.2, 0.25) is 0 Å². The van der Waals surface area contributed by atoms with Crippen molar-refractivity contribution in [3.05, 3.63) is 59.7 Å². The molecule has 3 rings (SSSR count). The summed E-state index contributed by atoms with van der Waals surface area (Å²) >= 11 is 0. The summed E-state index contributed by atoms with van der Waals surface area (Å²) in [7, 11) is -3.11. The van der Waals surface area contributed by atoms with Crippen LogP contribution in [0.2, 0.25) is 0 Å². The number of pyridine rings is 1. The van der Waals surface area contributed by atoms with Crippen molar-refractivity contribution in [2.45, 2.75) is 12.5 Å². The van der Waals surface area contributed by atoms with E-state index in [-0.39, 0.29) is 28.5 Å². The Hall–Kier alpha value is -2.81. The van der Waals surface area contributed by atoms with Gasteiger partial charge in [-0.1, -0.05) is 6.07 Å². The molecule has 7 nitrogen and oxygen atoms in total. The quantitative estimate of drug-likeness (QED) is 0.838. The SMILES string of the molecule is O=C(Nc1cccc(F)c1)c1ccnc(C(=O)NC2CCS(=O)(=O)C2)c1. The molecule has 0 aliphatic carbocycles. The Morgan fingerprint density at radius 2 is 1.96 bits per heavy atom. The van der Waals surface area contributed by atoms with Gasteiger partial charge in [-0.3, -0.25) is 14.6 Å². The molecule has 0 spiro atoms. The molecule has 0 saturated carbocycles. The van der Waals surface area contributed by atoms with E-state index in [0.717, 1.165) is 0 Å². The number of carbonyl (C=O) groups excluding carboxylic acids is 2. The molecular weight excluding hydrogens is 361 g/mol. The summed E-state index contributed by atoms with van der Waals surface area (Å²) < 4.78 is 36.1. The fourth-order valence-electron chi connectivity index (χ4n) is 2.63. The standard InChI is InChI=1S/C17H16FN3O4S/c18-12-2-1-3-13(9-12)20-16(22)11-4-6-19-15(8-11)17(23)21-14-5-7-26(24,25)10-14/h1-4,6,8-9,14H,5,7,10H2,(H,20,22)(H,21,23). The van der Waals surface area contributed by atoms with E-state index in [1.165, 1.54) is 42.6 Å². The van der Waals surface area contributed by atoms with E-state index in [4.69, 9.17) is 0 Å². The molecule has 9 heteroatoms. The zero-order chi connectivity index (χ0) is 18.7. The first-order valence-electron chi connectivity index (χ1n) is 7.87. The number of nitrogens with one attached hydrogen (secondary N) is 2. The van der Waals surface area contributed by atoms with E-state index in [0.29, 0.717) is 6.42 Å². The number of halogens is 1. The third-order valence-corrected chi connectivity index (χ3v) is 5.67. The van der Waals surface area contributed by atoms with E-state index in [9.17, 15) is 22.4 Å². The van der Waals surface area contributed by atoms with Gasteiger partial charge in [0.15, 0.2) is 9.84 Å². The summed E-state index contributed by atoms with van der Waals surface area (Å²) in [5.74, 6) is -1.60. The molecule has 1 aromatic carbocycles. The van der Waals surface area contributed by atoms with Crippen LogP contribution in [0.3, 0.4) is 0 Å². The second-order valence-electron chi connectivity index (χ2n) is 5.97. The average Bonchev–Trinajstić information content (AvgIpc) is 2.93.